The molecular formula is C17H18O5. The Hall–Kier alpha value is -2.30. The lowest BCUT2D eigenvalue weighted by Gasteiger charge is -2.26. The van der Waals surface area contributed by atoms with Crippen LogP contribution in [0.3, 0.4) is 0 Å². The Balaban J connectivity index is 1.73. The monoisotopic (exact) mass is 302 g/mol. The maximum Gasteiger partial charge on any atom is 0.509 e. The van der Waals surface area contributed by atoms with Gasteiger partial charge in [-0.2, -0.15) is 0 Å². The largest absolute Gasteiger partial charge is 0.509 e. The number of rotatable bonds is 4. The standard InChI is InChI=1S/C17H18O5/c1-11(18)13-5-7-14(8-6-13)20-12(2)15-17(9-3-4-10-17)22-16(19)21-15/h5-8,15H,2-4,9-10H2,1H3. The van der Waals surface area contributed by atoms with Crippen molar-refractivity contribution in [3.63, 3.8) is 0 Å². The first-order valence-corrected chi connectivity index (χ1v) is 7.37. The summed E-state index contributed by atoms with van der Waals surface area (Å²) < 4.78 is 16.3. The number of cyclic esters (lactones) is 1. The third-order valence-electron chi connectivity index (χ3n) is 4.23. The number of ketones is 1. The van der Waals surface area contributed by atoms with Gasteiger partial charge in [0, 0.05) is 5.56 Å². The number of ether oxygens (including phenoxy) is 3. The van der Waals surface area contributed by atoms with Gasteiger partial charge in [-0.1, -0.05) is 6.58 Å². The second-order valence-electron chi connectivity index (χ2n) is 5.77. The lowest BCUT2D eigenvalue weighted by molar-refractivity contribution is 0.0362. The minimum absolute atomic E-state index is 0.00610. The van der Waals surface area contributed by atoms with Crippen LogP contribution in [0.15, 0.2) is 36.6 Å². The Morgan fingerprint density at radius 3 is 2.50 bits per heavy atom. The van der Waals surface area contributed by atoms with Gasteiger partial charge in [0.1, 0.15) is 11.5 Å². The molecule has 5 nitrogen and oxygen atoms in total. The zero-order chi connectivity index (χ0) is 15.7. The van der Waals surface area contributed by atoms with E-state index < -0.39 is 17.9 Å². The highest BCUT2D eigenvalue weighted by Gasteiger charge is 2.54. The molecule has 1 atom stereocenters. The Morgan fingerprint density at radius 1 is 1.27 bits per heavy atom. The van der Waals surface area contributed by atoms with Gasteiger partial charge >= 0.3 is 6.16 Å². The van der Waals surface area contributed by atoms with Crippen molar-refractivity contribution in [3.05, 3.63) is 42.2 Å². The van der Waals surface area contributed by atoms with E-state index in [2.05, 4.69) is 6.58 Å². The summed E-state index contributed by atoms with van der Waals surface area (Å²) in [6.07, 6.45) is 2.25. The fourth-order valence-corrected chi connectivity index (χ4v) is 3.11. The number of benzene rings is 1. The minimum atomic E-state index is -0.663. The highest BCUT2D eigenvalue weighted by atomic mass is 16.8. The van der Waals surface area contributed by atoms with Crippen molar-refractivity contribution in [1.29, 1.82) is 0 Å². The van der Waals surface area contributed by atoms with Crippen LogP contribution in [0, 0.1) is 0 Å². The highest BCUT2D eigenvalue weighted by molar-refractivity contribution is 5.94. The molecule has 0 N–H and O–H groups in total. The van der Waals surface area contributed by atoms with E-state index in [0.717, 1.165) is 25.7 Å². The molecule has 22 heavy (non-hydrogen) atoms. The molecular weight excluding hydrogens is 284 g/mol. The van der Waals surface area contributed by atoms with Crippen molar-refractivity contribution in [2.24, 2.45) is 0 Å². The summed E-state index contributed by atoms with van der Waals surface area (Å²) in [6.45, 7) is 5.40. The van der Waals surface area contributed by atoms with Crippen molar-refractivity contribution in [2.75, 3.05) is 0 Å². The Kier molecular flexibility index (Phi) is 3.64. The molecule has 3 rings (SSSR count). The third-order valence-corrected chi connectivity index (χ3v) is 4.23. The molecule has 1 aromatic rings. The van der Waals surface area contributed by atoms with Gasteiger partial charge in [-0.3, -0.25) is 4.79 Å². The summed E-state index contributed by atoms with van der Waals surface area (Å²) in [5.74, 6) is 0.892. The lowest BCUT2D eigenvalue weighted by atomic mass is 9.94. The topological polar surface area (TPSA) is 61.8 Å². The van der Waals surface area contributed by atoms with Gasteiger partial charge in [-0.05, 0) is 56.9 Å². The first-order chi connectivity index (χ1) is 10.5. The van der Waals surface area contributed by atoms with E-state index in [1.807, 2.05) is 0 Å². The lowest BCUT2D eigenvalue weighted by Crippen LogP contribution is -2.39. The summed E-state index contributed by atoms with van der Waals surface area (Å²) in [6, 6.07) is 6.77. The fraction of sp³-hybridized carbons (Fsp3) is 0.412. The Bertz CT molecular complexity index is 610. The SMILES string of the molecule is C=C(Oc1ccc(C(C)=O)cc1)C1OC(=O)OC12CCCC2. The second kappa shape index (κ2) is 5.48. The number of Topliss-reactive ketones (excluding diaryl/α,β-unsaturated/α-hetero) is 1. The van der Waals surface area contributed by atoms with E-state index in [9.17, 15) is 9.59 Å². The van der Waals surface area contributed by atoms with E-state index in [-0.39, 0.29) is 5.78 Å². The van der Waals surface area contributed by atoms with E-state index in [1.165, 1.54) is 6.92 Å². The van der Waals surface area contributed by atoms with Crippen LogP contribution in [0.4, 0.5) is 4.79 Å². The molecule has 1 saturated carbocycles. The molecule has 5 heteroatoms. The molecule has 2 aliphatic rings. The average molecular weight is 302 g/mol. The molecule has 0 bridgehead atoms. The van der Waals surface area contributed by atoms with Crippen LogP contribution in [0.2, 0.25) is 0 Å². The Labute approximate surface area is 128 Å². The summed E-state index contributed by atoms with van der Waals surface area (Å²) in [5.41, 5.74) is -0.0196. The number of carbonyl (C=O) groups excluding carboxylic acids is 2. The van der Waals surface area contributed by atoms with Crippen LogP contribution < -0.4 is 4.74 Å². The third kappa shape index (κ3) is 2.58. The van der Waals surface area contributed by atoms with E-state index in [0.29, 0.717) is 17.1 Å². The fourth-order valence-electron chi connectivity index (χ4n) is 3.11. The number of hydrogen-bond donors (Lipinski definition) is 0. The van der Waals surface area contributed by atoms with Crippen molar-refractivity contribution in [2.45, 2.75) is 44.3 Å². The predicted molar refractivity (Wildman–Crippen MR) is 78.8 cm³/mol. The van der Waals surface area contributed by atoms with E-state index >= 15 is 0 Å². The Morgan fingerprint density at radius 2 is 1.91 bits per heavy atom. The molecule has 1 spiro atoms. The van der Waals surface area contributed by atoms with Gasteiger partial charge in [-0.25, -0.2) is 4.79 Å². The molecule has 1 unspecified atom stereocenters. The first-order valence-electron chi connectivity index (χ1n) is 7.37. The van der Waals surface area contributed by atoms with Gasteiger partial charge < -0.3 is 14.2 Å². The second-order valence-corrected chi connectivity index (χ2v) is 5.77. The van der Waals surface area contributed by atoms with E-state index in [1.54, 1.807) is 24.3 Å². The number of hydrogen-bond acceptors (Lipinski definition) is 5. The number of carbonyl (C=O) groups is 2. The molecule has 1 saturated heterocycles. The maximum absolute atomic E-state index is 11.5. The normalized spacial score (nSPS) is 22.2. The molecule has 0 aromatic heterocycles. The molecule has 1 aliphatic heterocycles. The van der Waals surface area contributed by atoms with Crippen molar-refractivity contribution in [1.82, 2.24) is 0 Å². The molecule has 2 fully saturated rings. The van der Waals surface area contributed by atoms with Crippen LogP contribution in [0.5, 0.6) is 5.75 Å². The first kappa shape index (κ1) is 14.6. The van der Waals surface area contributed by atoms with Crippen LogP contribution in [0.1, 0.15) is 43.0 Å². The minimum Gasteiger partial charge on any atom is -0.458 e. The summed E-state index contributed by atoms with van der Waals surface area (Å²) in [5, 5.41) is 0. The highest BCUT2D eigenvalue weighted by Crippen LogP contribution is 2.44. The average Bonchev–Trinajstić information content (AvgIpc) is 3.07. The van der Waals surface area contributed by atoms with Gasteiger partial charge in [0.05, 0.1) is 0 Å². The molecule has 0 radical (unpaired) electrons. The van der Waals surface area contributed by atoms with Crippen molar-refractivity contribution >= 4 is 11.9 Å². The summed E-state index contributed by atoms with van der Waals surface area (Å²) >= 11 is 0. The maximum atomic E-state index is 11.5. The van der Waals surface area contributed by atoms with Crippen molar-refractivity contribution in [3.8, 4) is 5.75 Å². The van der Waals surface area contributed by atoms with Gasteiger partial charge in [0.25, 0.3) is 0 Å². The zero-order valence-electron chi connectivity index (χ0n) is 12.5. The molecule has 1 aromatic carbocycles. The smallest absolute Gasteiger partial charge is 0.458 e. The molecule has 1 aliphatic carbocycles. The molecule has 116 valence electrons. The van der Waals surface area contributed by atoms with Crippen LogP contribution >= 0.6 is 0 Å². The van der Waals surface area contributed by atoms with Gasteiger partial charge in [-0.15, -0.1) is 0 Å². The quantitative estimate of drug-likeness (QED) is 0.483. The zero-order valence-corrected chi connectivity index (χ0v) is 12.5. The summed E-state index contributed by atoms with van der Waals surface area (Å²) in [4.78, 5) is 22.8. The van der Waals surface area contributed by atoms with Gasteiger partial charge in [0.2, 0.25) is 6.10 Å². The van der Waals surface area contributed by atoms with Crippen LogP contribution in [0.25, 0.3) is 0 Å². The van der Waals surface area contributed by atoms with Crippen LogP contribution in [-0.2, 0) is 9.47 Å². The summed E-state index contributed by atoms with van der Waals surface area (Å²) in [7, 11) is 0. The van der Waals surface area contributed by atoms with Crippen LogP contribution in [-0.4, -0.2) is 23.6 Å². The van der Waals surface area contributed by atoms with Gasteiger partial charge in [0.15, 0.2) is 11.4 Å². The molecule has 0 amide bonds. The van der Waals surface area contributed by atoms with E-state index in [4.69, 9.17) is 14.2 Å². The molecule has 1 heterocycles. The van der Waals surface area contributed by atoms with Crippen molar-refractivity contribution < 1.29 is 23.8 Å². The predicted octanol–water partition coefficient (Wildman–Crippen LogP) is 3.63.